The first-order valence-electron chi connectivity index (χ1n) is 8.53. The Morgan fingerprint density at radius 2 is 1.78 bits per heavy atom. The van der Waals surface area contributed by atoms with E-state index in [1.54, 1.807) is 13.2 Å². The minimum absolute atomic E-state index is 0.0700. The summed E-state index contributed by atoms with van der Waals surface area (Å²) in [4.78, 5) is 12.5. The summed E-state index contributed by atoms with van der Waals surface area (Å²) in [6, 6.07) is 10.3. The van der Waals surface area contributed by atoms with Crippen LogP contribution in [0.25, 0.3) is 0 Å². The van der Waals surface area contributed by atoms with Crippen molar-refractivity contribution in [2.45, 2.75) is 20.4 Å². The monoisotopic (exact) mass is 371 g/mol. The van der Waals surface area contributed by atoms with E-state index in [9.17, 15) is 9.90 Å². The predicted molar refractivity (Wildman–Crippen MR) is 104 cm³/mol. The molecule has 27 heavy (non-hydrogen) atoms. The maximum atomic E-state index is 12.5. The van der Waals surface area contributed by atoms with E-state index in [-0.39, 0.29) is 17.1 Å². The van der Waals surface area contributed by atoms with Crippen LogP contribution in [-0.2, 0) is 6.54 Å². The van der Waals surface area contributed by atoms with E-state index < -0.39 is 5.91 Å². The minimum Gasteiger partial charge on any atom is -0.507 e. The molecule has 1 amide bonds. The van der Waals surface area contributed by atoms with Crippen LogP contribution in [0.5, 0.6) is 23.0 Å². The Balaban J connectivity index is 2.10. The third-order valence-electron chi connectivity index (χ3n) is 3.86. The smallest absolute Gasteiger partial charge is 0.259 e. The zero-order valence-electron chi connectivity index (χ0n) is 16.0. The number of hydrogen-bond donors (Lipinski definition) is 2. The van der Waals surface area contributed by atoms with Crippen LogP contribution in [0.15, 0.2) is 48.0 Å². The van der Waals surface area contributed by atoms with E-state index >= 15 is 0 Å². The molecule has 2 aromatic carbocycles. The summed E-state index contributed by atoms with van der Waals surface area (Å²) in [5.41, 5.74) is 2.10. The zero-order chi connectivity index (χ0) is 19.8. The van der Waals surface area contributed by atoms with Crippen LogP contribution < -0.4 is 19.5 Å². The van der Waals surface area contributed by atoms with Crippen LogP contribution in [0.1, 0.15) is 29.8 Å². The lowest BCUT2D eigenvalue weighted by molar-refractivity contribution is 0.0945. The lowest BCUT2D eigenvalue weighted by Gasteiger charge is -2.13. The van der Waals surface area contributed by atoms with Gasteiger partial charge in [0.05, 0.1) is 14.2 Å². The second-order valence-electron chi connectivity index (χ2n) is 6.14. The van der Waals surface area contributed by atoms with Crippen LogP contribution in [0.3, 0.4) is 0 Å². The number of allylic oxidation sites excluding steroid dienone is 1. The number of nitrogens with one attached hydrogen (secondary N) is 1. The van der Waals surface area contributed by atoms with Gasteiger partial charge in [0.25, 0.3) is 5.91 Å². The molecule has 0 aliphatic carbocycles. The number of carbonyl (C=O) groups excluding carboxylic acids is 1. The largest absolute Gasteiger partial charge is 0.507 e. The van der Waals surface area contributed by atoms with Crippen molar-refractivity contribution in [1.29, 1.82) is 0 Å². The molecule has 0 aromatic heterocycles. The second-order valence-corrected chi connectivity index (χ2v) is 6.14. The summed E-state index contributed by atoms with van der Waals surface area (Å²) in [7, 11) is 3.04. The molecule has 0 heterocycles. The summed E-state index contributed by atoms with van der Waals surface area (Å²) >= 11 is 0. The highest BCUT2D eigenvalue weighted by Crippen LogP contribution is 2.33. The van der Waals surface area contributed by atoms with Gasteiger partial charge in [-0.15, -0.1) is 0 Å². The van der Waals surface area contributed by atoms with Crippen LogP contribution in [0.2, 0.25) is 0 Å². The van der Waals surface area contributed by atoms with Crippen LogP contribution in [0, 0.1) is 0 Å². The van der Waals surface area contributed by atoms with Gasteiger partial charge in [-0.25, -0.2) is 0 Å². The Morgan fingerprint density at radius 3 is 2.37 bits per heavy atom. The van der Waals surface area contributed by atoms with Crippen molar-refractivity contribution >= 4 is 5.91 Å². The summed E-state index contributed by atoms with van der Waals surface area (Å²) in [5, 5.41) is 13.1. The lowest BCUT2D eigenvalue weighted by Crippen LogP contribution is -2.23. The van der Waals surface area contributed by atoms with Crippen molar-refractivity contribution in [1.82, 2.24) is 5.32 Å². The van der Waals surface area contributed by atoms with Gasteiger partial charge in [0, 0.05) is 18.7 Å². The van der Waals surface area contributed by atoms with E-state index in [4.69, 9.17) is 14.2 Å². The number of rotatable bonds is 8. The molecule has 0 fully saturated rings. The molecule has 0 unspecified atom stereocenters. The van der Waals surface area contributed by atoms with Crippen molar-refractivity contribution in [3.05, 3.63) is 59.2 Å². The fourth-order valence-corrected chi connectivity index (χ4v) is 2.37. The number of hydrogen-bond acceptors (Lipinski definition) is 5. The molecule has 6 heteroatoms. The number of benzene rings is 2. The molecular weight excluding hydrogens is 346 g/mol. The van der Waals surface area contributed by atoms with Gasteiger partial charge in [0.15, 0.2) is 0 Å². The summed E-state index contributed by atoms with van der Waals surface area (Å²) in [6.07, 6.45) is 1.92. The first-order chi connectivity index (χ1) is 12.9. The van der Waals surface area contributed by atoms with Gasteiger partial charge >= 0.3 is 0 Å². The fraction of sp³-hybridized carbons (Fsp3) is 0.286. The standard InChI is InChI=1S/C21H25NO5/c1-14(2)9-10-27-17-11-18(23)20(19(12-17)26-4)21(24)22-13-15-5-7-16(25-3)8-6-15/h5-9,11-12,23H,10,13H2,1-4H3,(H,22,24). The Labute approximate surface area is 159 Å². The Bertz CT molecular complexity index is 808. The molecule has 144 valence electrons. The Hall–Kier alpha value is -3.15. The quantitative estimate of drug-likeness (QED) is 0.692. The molecule has 0 aliphatic heterocycles. The average Bonchev–Trinajstić information content (AvgIpc) is 2.65. The van der Waals surface area contributed by atoms with Gasteiger partial charge < -0.3 is 24.6 Å². The highest BCUT2D eigenvalue weighted by molar-refractivity contribution is 5.99. The van der Waals surface area contributed by atoms with Crippen LogP contribution in [-0.4, -0.2) is 31.8 Å². The van der Waals surface area contributed by atoms with Gasteiger partial charge in [-0.2, -0.15) is 0 Å². The lowest BCUT2D eigenvalue weighted by atomic mass is 10.1. The Kier molecular flexibility index (Phi) is 7.11. The van der Waals surface area contributed by atoms with Gasteiger partial charge in [-0.1, -0.05) is 17.7 Å². The number of amides is 1. The maximum absolute atomic E-state index is 12.5. The van der Waals surface area contributed by atoms with E-state index in [0.29, 0.717) is 18.9 Å². The van der Waals surface area contributed by atoms with Crippen molar-refractivity contribution in [3.63, 3.8) is 0 Å². The van der Waals surface area contributed by atoms with Crippen LogP contribution >= 0.6 is 0 Å². The first-order valence-corrected chi connectivity index (χ1v) is 8.53. The highest BCUT2D eigenvalue weighted by atomic mass is 16.5. The molecule has 2 rings (SSSR count). The first kappa shape index (κ1) is 20.2. The third kappa shape index (κ3) is 5.67. The van der Waals surface area contributed by atoms with Crippen molar-refractivity contribution < 1.29 is 24.1 Å². The normalized spacial score (nSPS) is 10.1. The average molecular weight is 371 g/mol. The number of carbonyl (C=O) groups is 1. The van der Waals surface area contributed by atoms with Crippen LogP contribution in [0.4, 0.5) is 0 Å². The van der Waals surface area contributed by atoms with Gasteiger partial charge in [-0.3, -0.25) is 4.79 Å². The highest BCUT2D eigenvalue weighted by Gasteiger charge is 2.19. The molecule has 0 saturated heterocycles. The molecular formula is C21H25NO5. The van der Waals surface area contributed by atoms with E-state index in [2.05, 4.69) is 5.32 Å². The Morgan fingerprint density at radius 1 is 1.07 bits per heavy atom. The second kappa shape index (κ2) is 9.52. The number of phenols is 1. The molecule has 0 bridgehead atoms. The van der Waals surface area contributed by atoms with Crippen molar-refractivity contribution in [2.75, 3.05) is 20.8 Å². The zero-order valence-corrected chi connectivity index (χ0v) is 16.0. The van der Waals surface area contributed by atoms with Crippen molar-refractivity contribution in [3.8, 4) is 23.0 Å². The molecule has 0 spiro atoms. The fourth-order valence-electron chi connectivity index (χ4n) is 2.37. The van der Waals surface area contributed by atoms with E-state index in [1.165, 1.54) is 13.2 Å². The molecule has 0 atom stereocenters. The van der Waals surface area contributed by atoms with E-state index in [1.807, 2.05) is 44.2 Å². The number of ether oxygens (including phenoxy) is 3. The maximum Gasteiger partial charge on any atom is 0.259 e. The third-order valence-corrected chi connectivity index (χ3v) is 3.86. The van der Waals surface area contributed by atoms with Crippen molar-refractivity contribution in [2.24, 2.45) is 0 Å². The number of aromatic hydroxyl groups is 1. The minimum atomic E-state index is -0.434. The SMILES string of the molecule is COc1ccc(CNC(=O)c2c(O)cc(OCC=C(C)C)cc2OC)cc1. The molecule has 0 radical (unpaired) electrons. The van der Waals surface area contributed by atoms with Gasteiger partial charge in [0.1, 0.15) is 35.2 Å². The number of phenolic OH excluding ortho intramolecular Hbond substituents is 1. The summed E-state index contributed by atoms with van der Waals surface area (Å²) in [6.45, 7) is 4.62. The summed E-state index contributed by atoms with van der Waals surface area (Å²) < 4.78 is 15.9. The molecule has 0 aliphatic rings. The van der Waals surface area contributed by atoms with E-state index in [0.717, 1.165) is 16.9 Å². The predicted octanol–water partition coefficient (Wildman–Crippen LogP) is 3.68. The molecule has 2 aromatic rings. The number of methoxy groups -OCH3 is 2. The summed E-state index contributed by atoms with van der Waals surface area (Å²) in [5.74, 6) is 0.779. The topological polar surface area (TPSA) is 77.0 Å². The van der Waals surface area contributed by atoms with Gasteiger partial charge in [-0.05, 0) is 37.6 Å². The molecule has 0 saturated carbocycles. The molecule has 2 N–H and O–H groups in total. The molecule has 6 nitrogen and oxygen atoms in total. The van der Waals surface area contributed by atoms with Gasteiger partial charge in [0.2, 0.25) is 0 Å².